The monoisotopic (exact) mass is 227 g/mol. The van der Waals surface area contributed by atoms with Gasteiger partial charge in [-0.3, -0.25) is 4.79 Å². The molecule has 1 amide bonds. The molecule has 0 aliphatic heterocycles. The van der Waals surface area contributed by atoms with Gasteiger partial charge in [-0.2, -0.15) is 0 Å². The molecule has 17 heavy (non-hydrogen) atoms. The van der Waals surface area contributed by atoms with Crippen LogP contribution in [0.5, 0.6) is 0 Å². The lowest BCUT2D eigenvalue weighted by Crippen LogP contribution is -2.42. The van der Waals surface area contributed by atoms with Gasteiger partial charge in [0.25, 0.3) is 0 Å². The molecule has 88 valence electrons. The molecule has 3 rings (SSSR count). The SMILES string of the molecule is CC(=O)NC1(CC2CC2)C=Cc2ccccc21. The second-order valence-corrected chi connectivity index (χ2v) is 5.22. The van der Waals surface area contributed by atoms with Crippen LogP contribution in [0, 0.1) is 5.92 Å². The number of amides is 1. The summed E-state index contributed by atoms with van der Waals surface area (Å²) < 4.78 is 0. The topological polar surface area (TPSA) is 29.1 Å². The van der Waals surface area contributed by atoms with Crippen molar-refractivity contribution in [3.05, 3.63) is 41.5 Å². The van der Waals surface area contributed by atoms with Gasteiger partial charge in [0.15, 0.2) is 0 Å². The molecule has 1 fully saturated rings. The number of carbonyl (C=O) groups excluding carboxylic acids is 1. The Morgan fingerprint density at radius 1 is 1.41 bits per heavy atom. The van der Waals surface area contributed by atoms with Crippen LogP contribution in [0.15, 0.2) is 30.3 Å². The Morgan fingerprint density at radius 3 is 2.88 bits per heavy atom. The molecule has 0 spiro atoms. The fourth-order valence-corrected chi connectivity index (χ4v) is 2.80. The van der Waals surface area contributed by atoms with E-state index < -0.39 is 0 Å². The molecule has 2 aliphatic rings. The van der Waals surface area contributed by atoms with Crippen molar-refractivity contribution in [2.24, 2.45) is 5.92 Å². The summed E-state index contributed by atoms with van der Waals surface area (Å²) in [5.41, 5.74) is 2.24. The molecule has 1 aromatic carbocycles. The van der Waals surface area contributed by atoms with Crippen LogP contribution in [0.2, 0.25) is 0 Å². The van der Waals surface area contributed by atoms with Gasteiger partial charge in [-0.15, -0.1) is 0 Å². The molecule has 0 bridgehead atoms. The first-order valence-corrected chi connectivity index (χ1v) is 6.27. The standard InChI is InChI=1S/C15H17NO/c1-11(17)16-15(10-12-6-7-12)9-8-13-4-2-3-5-14(13)15/h2-5,8-9,12H,6-7,10H2,1H3,(H,16,17). The van der Waals surface area contributed by atoms with Gasteiger partial charge >= 0.3 is 0 Å². The van der Waals surface area contributed by atoms with Crippen molar-refractivity contribution in [1.82, 2.24) is 5.32 Å². The summed E-state index contributed by atoms with van der Waals surface area (Å²) in [6.45, 7) is 1.60. The van der Waals surface area contributed by atoms with Crippen molar-refractivity contribution in [3.8, 4) is 0 Å². The summed E-state index contributed by atoms with van der Waals surface area (Å²) in [6, 6.07) is 8.34. The second kappa shape index (κ2) is 3.73. The highest BCUT2D eigenvalue weighted by Crippen LogP contribution is 2.45. The smallest absolute Gasteiger partial charge is 0.217 e. The third-order valence-electron chi connectivity index (χ3n) is 3.70. The zero-order chi connectivity index (χ0) is 11.9. The summed E-state index contributed by atoms with van der Waals surface area (Å²) >= 11 is 0. The molecule has 2 nitrogen and oxygen atoms in total. The minimum atomic E-state index is -0.246. The van der Waals surface area contributed by atoms with Gasteiger partial charge < -0.3 is 5.32 Å². The predicted octanol–water partition coefficient (Wildman–Crippen LogP) is 2.84. The molecule has 1 atom stereocenters. The lowest BCUT2D eigenvalue weighted by atomic mass is 9.86. The number of carbonyl (C=O) groups is 1. The Hall–Kier alpha value is -1.57. The molecule has 1 N–H and O–H groups in total. The summed E-state index contributed by atoms with van der Waals surface area (Å²) in [7, 11) is 0. The molecule has 0 aromatic heterocycles. The van der Waals surface area contributed by atoms with E-state index in [2.05, 4.69) is 35.7 Å². The predicted molar refractivity (Wildman–Crippen MR) is 68.3 cm³/mol. The molecule has 1 saturated carbocycles. The maximum absolute atomic E-state index is 11.5. The second-order valence-electron chi connectivity index (χ2n) is 5.22. The lowest BCUT2D eigenvalue weighted by molar-refractivity contribution is -0.120. The lowest BCUT2D eigenvalue weighted by Gasteiger charge is -2.30. The first kappa shape index (κ1) is 10.6. The number of hydrogen-bond donors (Lipinski definition) is 1. The molecule has 2 aliphatic carbocycles. The Bertz CT molecular complexity index is 487. The van der Waals surface area contributed by atoms with E-state index in [9.17, 15) is 4.79 Å². The highest BCUT2D eigenvalue weighted by Gasteiger charge is 2.40. The normalized spacial score (nSPS) is 25.7. The third-order valence-corrected chi connectivity index (χ3v) is 3.70. The zero-order valence-electron chi connectivity index (χ0n) is 10.1. The van der Waals surface area contributed by atoms with Crippen LogP contribution in [0.3, 0.4) is 0 Å². The summed E-state index contributed by atoms with van der Waals surface area (Å²) in [6.07, 6.45) is 7.94. The van der Waals surface area contributed by atoms with Crippen LogP contribution in [-0.2, 0) is 10.3 Å². The van der Waals surface area contributed by atoms with Gasteiger partial charge in [-0.05, 0) is 23.5 Å². The van der Waals surface area contributed by atoms with Crippen molar-refractivity contribution in [2.75, 3.05) is 0 Å². The van der Waals surface area contributed by atoms with Gasteiger partial charge in [0, 0.05) is 6.92 Å². The van der Waals surface area contributed by atoms with Crippen molar-refractivity contribution in [1.29, 1.82) is 0 Å². The average molecular weight is 227 g/mol. The first-order chi connectivity index (χ1) is 8.20. The summed E-state index contributed by atoms with van der Waals surface area (Å²) in [5.74, 6) is 0.824. The Morgan fingerprint density at radius 2 is 2.18 bits per heavy atom. The zero-order valence-corrected chi connectivity index (χ0v) is 10.1. The van der Waals surface area contributed by atoms with Gasteiger partial charge in [-0.25, -0.2) is 0 Å². The Labute approximate surface area is 102 Å². The molecule has 0 saturated heterocycles. The number of fused-ring (bicyclic) bond motifs is 1. The van der Waals surface area contributed by atoms with Crippen LogP contribution in [0.4, 0.5) is 0 Å². The maximum Gasteiger partial charge on any atom is 0.217 e. The van der Waals surface area contributed by atoms with Crippen molar-refractivity contribution in [2.45, 2.75) is 31.7 Å². The summed E-state index contributed by atoms with van der Waals surface area (Å²) in [5, 5.41) is 3.16. The quantitative estimate of drug-likeness (QED) is 0.845. The van der Waals surface area contributed by atoms with Crippen LogP contribution in [0.1, 0.15) is 37.3 Å². The molecular formula is C15H17NO. The van der Waals surface area contributed by atoms with Crippen molar-refractivity contribution >= 4 is 12.0 Å². The highest BCUT2D eigenvalue weighted by molar-refractivity contribution is 5.77. The number of nitrogens with one attached hydrogen (secondary N) is 1. The number of rotatable bonds is 3. The van der Waals surface area contributed by atoms with Crippen molar-refractivity contribution in [3.63, 3.8) is 0 Å². The van der Waals surface area contributed by atoms with Gasteiger partial charge in [-0.1, -0.05) is 49.3 Å². The Kier molecular flexibility index (Phi) is 2.32. The van der Waals surface area contributed by atoms with E-state index in [-0.39, 0.29) is 11.4 Å². The largest absolute Gasteiger partial charge is 0.343 e. The molecule has 2 heteroatoms. The molecule has 0 heterocycles. The van der Waals surface area contributed by atoms with Crippen molar-refractivity contribution < 1.29 is 4.79 Å². The van der Waals surface area contributed by atoms with E-state index in [1.54, 1.807) is 6.92 Å². The van der Waals surface area contributed by atoms with Gasteiger partial charge in [0.05, 0.1) is 5.54 Å². The number of benzene rings is 1. The van der Waals surface area contributed by atoms with Crippen LogP contribution < -0.4 is 5.32 Å². The van der Waals surface area contributed by atoms with E-state index in [1.807, 2.05) is 6.07 Å². The number of hydrogen-bond acceptors (Lipinski definition) is 1. The molecule has 1 aromatic rings. The fourth-order valence-electron chi connectivity index (χ4n) is 2.80. The van der Waals surface area contributed by atoms with Crippen LogP contribution in [-0.4, -0.2) is 5.91 Å². The van der Waals surface area contributed by atoms with E-state index in [4.69, 9.17) is 0 Å². The minimum absolute atomic E-state index is 0.0482. The van der Waals surface area contributed by atoms with Gasteiger partial charge in [0.2, 0.25) is 5.91 Å². The highest BCUT2D eigenvalue weighted by atomic mass is 16.1. The molecule has 1 unspecified atom stereocenters. The van der Waals surface area contributed by atoms with E-state index in [0.29, 0.717) is 0 Å². The summed E-state index contributed by atoms with van der Waals surface area (Å²) in [4.78, 5) is 11.5. The van der Waals surface area contributed by atoms with Crippen LogP contribution in [0.25, 0.3) is 6.08 Å². The minimum Gasteiger partial charge on any atom is -0.343 e. The van der Waals surface area contributed by atoms with E-state index >= 15 is 0 Å². The van der Waals surface area contributed by atoms with E-state index in [0.717, 1.165) is 12.3 Å². The fraction of sp³-hybridized carbons (Fsp3) is 0.400. The average Bonchev–Trinajstić information content (AvgIpc) is 3.03. The third kappa shape index (κ3) is 1.88. The van der Waals surface area contributed by atoms with Crippen LogP contribution >= 0.6 is 0 Å². The molecular weight excluding hydrogens is 210 g/mol. The molecule has 0 radical (unpaired) electrons. The maximum atomic E-state index is 11.5. The van der Waals surface area contributed by atoms with Gasteiger partial charge in [0.1, 0.15) is 0 Å². The first-order valence-electron chi connectivity index (χ1n) is 6.27. The van der Waals surface area contributed by atoms with E-state index in [1.165, 1.54) is 24.0 Å². The Balaban J connectivity index is 1.99.